The molecule has 1 aromatic rings. The summed E-state index contributed by atoms with van der Waals surface area (Å²) in [5.74, 6) is 0.0983. The van der Waals surface area contributed by atoms with Crippen LogP contribution in [0.2, 0.25) is 0 Å². The number of halogens is 1. The lowest BCUT2D eigenvalue weighted by Crippen LogP contribution is -2.50. The highest BCUT2D eigenvalue weighted by Gasteiger charge is 2.22. The van der Waals surface area contributed by atoms with Crippen LogP contribution in [0.1, 0.15) is 20.3 Å². The number of carbonyl (C=O) groups is 2. The number of nitrogens with zero attached hydrogens (tertiary/aromatic N) is 2. The van der Waals surface area contributed by atoms with Gasteiger partial charge in [0.1, 0.15) is 5.82 Å². The van der Waals surface area contributed by atoms with Gasteiger partial charge in [0.15, 0.2) is 0 Å². The number of rotatable bonds is 5. The monoisotopic (exact) mass is 321 g/mol. The Labute approximate surface area is 136 Å². The van der Waals surface area contributed by atoms with Gasteiger partial charge in [-0.15, -0.1) is 0 Å². The van der Waals surface area contributed by atoms with E-state index >= 15 is 0 Å². The maximum atomic E-state index is 12.8. The zero-order valence-electron chi connectivity index (χ0n) is 13.7. The molecule has 126 valence electrons. The Morgan fingerprint density at radius 1 is 1.13 bits per heavy atom. The first-order valence-electron chi connectivity index (χ1n) is 7.99. The summed E-state index contributed by atoms with van der Waals surface area (Å²) < 4.78 is 12.8. The smallest absolute Gasteiger partial charge is 0.238 e. The van der Waals surface area contributed by atoms with Gasteiger partial charge in [-0.1, -0.05) is 13.8 Å². The van der Waals surface area contributed by atoms with E-state index in [0.29, 0.717) is 44.2 Å². The lowest BCUT2D eigenvalue weighted by atomic mass is 10.1. The van der Waals surface area contributed by atoms with Crippen molar-refractivity contribution in [2.24, 2.45) is 5.92 Å². The van der Waals surface area contributed by atoms with Crippen LogP contribution < -0.4 is 5.32 Å². The highest BCUT2D eigenvalue weighted by Crippen LogP contribution is 2.10. The van der Waals surface area contributed by atoms with Gasteiger partial charge in [-0.05, 0) is 30.2 Å². The number of amides is 2. The summed E-state index contributed by atoms with van der Waals surface area (Å²) in [6, 6.07) is 5.70. The summed E-state index contributed by atoms with van der Waals surface area (Å²) in [6.45, 7) is 7.07. The normalized spacial score (nSPS) is 15.7. The van der Waals surface area contributed by atoms with E-state index in [0.717, 1.165) is 0 Å². The molecule has 5 nitrogen and oxygen atoms in total. The third-order valence-electron chi connectivity index (χ3n) is 3.80. The molecule has 1 aromatic carbocycles. The molecule has 1 aliphatic heterocycles. The number of anilines is 1. The van der Waals surface area contributed by atoms with E-state index in [-0.39, 0.29) is 24.2 Å². The standard InChI is InChI=1S/C17H24FN3O2/c1-13(2)11-17(23)21-9-7-20(8-10-21)12-16(22)19-15-5-3-14(18)4-6-15/h3-6,13H,7-12H2,1-2H3,(H,19,22). The van der Waals surface area contributed by atoms with Crippen LogP contribution in [0.5, 0.6) is 0 Å². The van der Waals surface area contributed by atoms with Crippen LogP contribution in [0.3, 0.4) is 0 Å². The number of carbonyl (C=O) groups excluding carboxylic acids is 2. The SMILES string of the molecule is CC(C)CC(=O)N1CCN(CC(=O)Nc2ccc(F)cc2)CC1. The largest absolute Gasteiger partial charge is 0.340 e. The third kappa shape index (κ3) is 5.63. The molecular weight excluding hydrogens is 297 g/mol. The molecule has 0 saturated carbocycles. The highest BCUT2D eigenvalue weighted by molar-refractivity contribution is 5.92. The first-order chi connectivity index (χ1) is 10.9. The zero-order valence-corrected chi connectivity index (χ0v) is 13.7. The molecule has 1 fully saturated rings. The van der Waals surface area contributed by atoms with Crippen molar-refractivity contribution < 1.29 is 14.0 Å². The molecule has 0 bridgehead atoms. The summed E-state index contributed by atoms with van der Waals surface area (Å²) in [4.78, 5) is 27.9. The summed E-state index contributed by atoms with van der Waals surface area (Å²) >= 11 is 0. The Morgan fingerprint density at radius 2 is 1.74 bits per heavy atom. The van der Waals surface area contributed by atoms with Crippen molar-refractivity contribution in [2.45, 2.75) is 20.3 Å². The fourth-order valence-corrected chi connectivity index (χ4v) is 2.57. The Kier molecular flexibility index (Phi) is 6.10. The third-order valence-corrected chi connectivity index (χ3v) is 3.80. The summed E-state index contributed by atoms with van der Waals surface area (Å²) in [5, 5.41) is 2.75. The van der Waals surface area contributed by atoms with Crippen molar-refractivity contribution in [1.82, 2.24) is 9.80 Å². The van der Waals surface area contributed by atoms with E-state index in [9.17, 15) is 14.0 Å². The summed E-state index contributed by atoms with van der Waals surface area (Å²) in [5.41, 5.74) is 0.585. The van der Waals surface area contributed by atoms with Crippen LogP contribution in [0.25, 0.3) is 0 Å². The average molecular weight is 321 g/mol. The van der Waals surface area contributed by atoms with Crippen molar-refractivity contribution in [2.75, 3.05) is 38.0 Å². The van der Waals surface area contributed by atoms with Gasteiger partial charge in [0.25, 0.3) is 0 Å². The number of hydrogen-bond acceptors (Lipinski definition) is 3. The molecule has 1 heterocycles. The molecule has 1 saturated heterocycles. The summed E-state index contributed by atoms with van der Waals surface area (Å²) in [6.07, 6.45) is 0.574. The Hall–Kier alpha value is -1.95. The van der Waals surface area contributed by atoms with E-state index < -0.39 is 0 Å². The molecule has 6 heteroatoms. The number of nitrogens with one attached hydrogen (secondary N) is 1. The minimum atomic E-state index is -0.329. The molecule has 0 spiro atoms. The fourth-order valence-electron chi connectivity index (χ4n) is 2.57. The molecule has 2 amide bonds. The molecule has 0 atom stereocenters. The van der Waals surface area contributed by atoms with E-state index in [4.69, 9.17) is 0 Å². The van der Waals surface area contributed by atoms with Gasteiger partial charge in [0.05, 0.1) is 6.54 Å². The Bertz CT molecular complexity index is 537. The van der Waals surface area contributed by atoms with Gasteiger partial charge in [0, 0.05) is 38.3 Å². The minimum absolute atomic E-state index is 0.126. The molecule has 0 aromatic heterocycles. The molecule has 0 aliphatic carbocycles. The number of benzene rings is 1. The van der Waals surface area contributed by atoms with Crippen molar-refractivity contribution in [3.63, 3.8) is 0 Å². The van der Waals surface area contributed by atoms with Crippen LogP contribution in [0.15, 0.2) is 24.3 Å². The van der Waals surface area contributed by atoms with Crippen LogP contribution in [-0.4, -0.2) is 54.3 Å². The summed E-state index contributed by atoms with van der Waals surface area (Å²) in [7, 11) is 0. The van der Waals surface area contributed by atoms with Gasteiger partial charge in [0.2, 0.25) is 11.8 Å². The van der Waals surface area contributed by atoms with Gasteiger partial charge in [-0.2, -0.15) is 0 Å². The van der Waals surface area contributed by atoms with Crippen LogP contribution >= 0.6 is 0 Å². The predicted molar refractivity (Wildman–Crippen MR) is 87.5 cm³/mol. The van der Waals surface area contributed by atoms with Crippen molar-refractivity contribution in [3.8, 4) is 0 Å². The van der Waals surface area contributed by atoms with E-state index in [1.54, 1.807) is 0 Å². The maximum Gasteiger partial charge on any atom is 0.238 e. The molecule has 23 heavy (non-hydrogen) atoms. The van der Waals surface area contributed by atoms with Crippen molar-refractivity contribution in [1.29, 1.82) is 0 Å². The molecule has 1 N–H and O–H groups in total. The quantitative estimate of drug-likeness (QED) is 0.902. The second-order valence-electron chi connectivity index (χ2n) is 6.31. The first kappa shape index (κ1) is 17.4. The minimum Gasteiger partial charge on any atom is -0.340 e. The van der Waals surface area contributed by atoms with E-state index in [2.05, 4.69) is 5.32 Å². The second-order valence-corrected chi connectivity index (χ2v) is 6.31. The molecule has 0 radical (unpaired) electrons. The number of hydrogen-bond donors (Lipinski definition) is 1. The Morgan fingerprint density at radius 3 is 2.30 bits per heavy atom. The lowest BCUT2D eigenvalue weighted by Gasteiger charge is -2.34. The van der Waals surface area contributed by atoms with Gasteiger partial charge in [-0.3, -0.25) is 14.5 Å². The predicted octanol–water partition coefficient (Wildman–Crippen LogP) is 1.95. The lowest BCUT2D eigenvalue weighted by molar-refractivity contribution is -0.133. The van der Waals surface area contributed by atoms with Gasteiger partial charge < -0.3 is 10.2 Å². The van der Waals surface area contributed by atoms with Crippen molar-refractivity contribution >= 4 is 17.5 Å². The molecule has 2 rings (SSSR count). The number of piperazine rings is 1. The van der Waals surface area contributed by atoms with Crippen molar-refractivity contribution in [3.05, 3.63) is 30.1 Å². The average Bonchev–Trinajstić information content (AvgIpc) is 2.49. The highest BCUT2D eigenvalue weighted by atomic mass is 19.1. The maximum absolute atomic E-state index is 12.8. The Balaban J connectivity index is 1.74. The second kappa shape index (κ2) is 8.06. The van der Waals surface area contributed by atoms with E-state index in [1.807, 2.05) is 23.6 Å². The van der Waals surface area contributed by atoms with Crippen LogP contribution in [0, 0.1) is 11.7 Å². The van der Waals surface area contributed by atoms with E-state index in [1.165, 1.54) is 24.3 Å². The molecule has 0 unspecified atom stereocenters. The molecule has 1 aliphatic rings. The van der Waals surface area contributed by atoms with Gasteiger partial charge in [-0.25, -0.2) is 4.39 Å². The van der Waals surface area contributed by atoms with Crippen LogP contribution in [-0.2, 0) is 9.59 Å². The fraction of sp³-hybridized carbons (Fsp3) is 0.529. The zero-order chi connectivity index (χ0) is 16.8. The topological polar surface area (TPSA) is 52.7 Å². The molecular formula is C17H24FN3O2. The van der Waals surface area contributed by atoms with Gasteiger partial charge >= 0.3 is 0 Å². The van der Waals surface area contributed by atoms with Crippen LogP contribution in [0.4, 0.5) is 10.1 Å². The first-order valence-corrected chi connectivity index (χ1v) is 7.99.